The zero-order valence-corrected chi connectivity index (χ0v) is 21.2. The maximum atomic E-state index is 13.2. The van der Waals surface area contributed by atoms with Crippen LogP contribution in [0.1, 0.15) is 61.0 Å². The van der Waals surface area contributed by atoms with Crippen molar-refractivity contribution in [1.29, 1.82) is 0 Å². The van der Waals surface area contributed by atoms with Gasteiger partial charge in [-0.05, 0) is 67.3 Å². The van der Waals surface area contributed by atoms with Crippen molar-refractivity contribution in [2.24, 2.45) is 18.7 Å². The maximum absolute atomic E-state index is 13.2. The van der Waals surface area contributed by atoms with Gasteiger partial charge in [-0.1, -0.05) is 32.0 Å². The van der Waals surface area contributed by atoms with Crippen molar-refractivity contribution in [3.05, 3.63) is 53.1 Å². The second-order valence-electron chi connectivity index (χ2n) is 11.0. The van der Waals surface area contributed by atoms with Crippen LogP contribution in [0.2, 0.25) is 0 Å². The predicted octanol–water partition coefficient (Wildman–Crippen LogP) is 5.07. The fourth-order valence-electron chi connectivity index (χ4n) is 5.72. The molecule has 35 heavy (non-hydrogen) atoms. The first-order valence-electron chi connectivity index (χ1n) is 13.0. The predicted molar refractivity (Wildman–Crippen MR) is 142 cm³/mol. The number of carbonyl (C=O) groups excluding carboxylic acids is 1. The Hall–Kier alpha value is -3.12. The average molecular weight is 470 g/mol. The number of benzene rings is 2. The van der Waals surface area contributed by atoms with E-state index >= 15 is 0 Å². The van der Waals surface area contributed by atoms with Gasteiger partial charge in [0.25, 0.3) is 5.91 Å². The third kappa shape index (κ3) is 3.75. The molecular formula is C29H35N5O. The zero-order chi connectivity index (χ0) is 24.4. The molecule has 6 rings (SSSR count). The number of imidazole rings is 1. The highest BCUT2D eigenvalue weighted by molar-refractivity contribution is 6.00. The van der Waals surface area contributed by atoms with Gasteiger partial charge in [0.1, 0.15) is 0 Å². The smallest absolute Gasteiger partial charge is 0.254 e. The standard InChI is InChI=1S/C29H35N5O/c1-17(2)22-7-5-6-21-13-26(34(27(21)22)16-19-8-9-19)28-31-24-14-23-20(12-25(24)32(28)4)10-11-33(29(23)35)15-18(3)30/h5-7,12-14,17-19H,8-11,15-16,30H2,1-4H3/t18-/m1/s1. The molecule has 1 aliphatic heterocycles. The number of fused-ring (bicyclic) bond motifs is 3. The van der Waals surface area contributed by atoms with Crippen molar-refractivity contribution in [2.45, 2.75) is 58.5 Å². The highest BCUT2D eigenvalue weighted by Crippen LogP contribution is 2.39. The number of para-hydroxylation sites is 1. The van der Waals surface area contributed by atoms with Gasteiger partial charge in [-0.3, -0.25) is 4.79 Å². The lowest BCUT2D eigenvalue weighted by molar-refractivity contribution is 0.0732. The van der Waals surface area contributed by atoms with Crippen molar-refractivity contribution >= 4 is 27.8 Å². The topological polar surface area (TPSA) is 69.1 Å². The van der Waals surface area contributed by atoms with Crippen LogP contribution >= 0.6 is 0 Å². The first kappa shape index (κ1) is 22.4. The molecule has 4 aromatic rings. The summed E-state index contributed by atoms with van der Waals surface area (Å²) in [6.07, 6.45) is 3.46. The number of aromatic nitrogens is 3. The summed E-state index contributed by atoms with van der Waals surface area (Å²) < 4.78 is 4.72. The fraction of sp³-hybridized carbons (Fsp3) is 0.448. The number of amides is 1. The Bertz CT molecular complexity index is 1450. The SMILES string of the molecule is CC(C)c1cccc2cc(-c3nc4cc5c(cc4n3C)CCN(C[C@@H](C)N)C5=O)n(CC3CC3)c12. The van der Waals surface area contributed by atoms with Crippen molar-refractivity contribution < 1.29 is 4.79 Å². The molecule has 182 valence electrons. The van der Waals surface area contributed by atoms with E-state index in [-0.39, 0.29) is 11.9 Å². The molecular weight excluding hydrogens is 434 g/mol. The fourth-order valence-corrected chi connectivity index (χ4v) is 5.72. The van der Waals surface area contributed by atoms with Crippen LogP contribution in [0.3, 0.4) is 0 Å². The van der Waals surface area contributed by atoms with Crippen LogP contribution in [0.5, 0.6) is 0 Å². The van der Waals surface area contributed by atoms with E-state index in [9.17, 15) is 4.79 Å². The van der Waals surface area contributed by atoms with E-state index in [1.807, 2.05) is 17.9 Å². The van der Waals surface area contributed by atoms with Crippen molar-refractivity contribution in [3.63, 3.8) is 0 Å². The maximum Gasteiger partial charge on any atom is 0.254 e. The molecule has 0 radical (unpaired) electrons. The average Bonchev–Trinajstić information content (AvgIpc) is 3.49. The summed E-state index contributed by atoms with van der Waals surface area (Å²) in [6, 6.07) is 13.1. The molecule has 6 heteroatoms. The van der Waals surface area contributed by atoms with E-state index in [0.29, 0.717) is 12.5 Å². The summed E-state index contributed by atoms with van der Waals surface area (Å²) in [7, 11) is 2.10. The van der Waals surface area contributed by atoms with Crippen molar-refractivity contribution in [2.75, 3.05) is 13.1 Å². The molecule has 0 bridgehead atoms. The molecule has 1 amide bonds. The lowest BCUT2D eigenvalue weighted by Crippen LogP contribution is -2.43. The van der Waals surface area contributed by atoms with E-state index in [1.54, 1.807) is 0 Å². The number of nitrogens with two attached hydrogens (primary N) is 1. The number of hydrogen-bond acceptors (Lipinski definition) is 3. The van der Waals surface area contributed by atoms with Gasteiger partial charge < -0.3 is 19.8 Å². The van der Waals surface area contributed by atoms with Gasteiger partial charge in [-0.2, -0.15) is 0 Å². The van der Waals surface area contributed by atoms with Gasteiger partial charge in [0.05, 0.1) is 22.2 Å². The Morgan fingerprint density at radius 1 is 1.14 bits per heavy atom. The Kier molecular flexibility index (Phi) is 5.26. The molecule has 0 saturated heterocycles. The number of aryl methyl sites for hydroxylation is 1. The van der Waals surface area contributed by atoms with Gasteiger partial charge in [0.15, 0.2) is 5.82 Å². The number of hydrogen-bond donors (Lipinski definition) is 1. The van der Waals surface area contributed by atoms with Gasteiger partial charge in [0, 0.05) is 43.7 Å². The van der Waals surface area contributed by atoms with Gasteiger partial charge >= 0.3 is 0 Å². The quantitative estimate of drug-likeness (QED) is 0.428. The first-order valence-corrected chi connectivity index (χ1v) is 13.0. The van der Waals surface area contributed by atoms with Crippen LogP contribution in [0, 0.1) is 5.92 Å². The normalized spacial score (nSPS) is 17.1. The highest BCUT2D eigenvalue weighted by Gasteiger charge is 2.29. The van der Waals surface area contributed by atoms with Crippen LogP contribution in [-0.4, -0.2) is 44.1 Å². The zero-order valence-electron chi connectivity index (χ0n) is 21.2. The molecule has 2 aromatic carbocycles. The van der Waals surface area contributed by atoms with Crippen molar-refractivity contribution in [3.8, 4) is 11.5 Å². The summed E-state index contributed by atoms with van der Waals surface area (Å²) in [5.74, 6) is 2.24. The second kappa shape index (κ2) is 8.23. The van der Waals surface area contributed by atoms with E-state index < -0.39 is 0 Å². The number of rotatable bonds is 6. The minimum absolute atomic E-state index is 0.0326. The molecule has 2 aliphatic rings. The highest BCUT2D eigenvalue weighted by atomic mass is 16.2. The van der Waals surface area contributed by atoms with Crippen LogP contribution in [-0.2, 0) is 20.0 Å². The summed E-state index contributed by atoms with van der Waals surface area (Å²) in [6.45, 7) is 8.83. The molecule has 1 fully saturated rings. The Morgan fingerprint density at radius 3 is 2.66 bits per heavy atom. The lowest BCUT2D eigenvalue weighted by Gasteiger charge is -2.29. The minimum Gasteiger partial charge on any atom is -0.337 e. The molecule has 2 aromatic heterocycles. The van der Waals surface area contributed by atoms with Gasteiger partial charge in [-0.25, -0.2) is 4.98 Å². The van der Waals surface area contributed by atoms with E-state index in [2.05, 4.69) is 60.4 Å². The Labute approximate surface area is 206 Å². The van der Waals surface area contributed by atoms with Crippen LogP contribution in [0.15, 0.2) is 36.4 Å². The van der Waals surface area contributed by atoms with E-state index in [4.69, 9.17) is 10.7 Å². The summed E-state index contributed by atoms with van der Waals surface area (Å²) in [5, 5.41) is 1.28. The third-order valence-electron chi connectivity index (χ3n) is 7.72. The molecule has 3 heterocycles. The first-order chi connectivity index (χ1) is 16.8. The molecule has 2 N–H and O–H groups in total. The van der Waals surface area contributed by atoms with Gasteiger partial charge in [0.2, 0.25) is 0 Å². The summed E-state index contributed by atoms with van der Waals surface area (Å²) in [5.41, 5.74) is 13.7. The molecule has 1 atom stereocenters. The molecule has 6 nitrogen and oxygen atoms in total. The molecule has 1 aliphatic carbocycles. The lowest BCUT2D eigenvalue weighted by atomic mass is 9.97. The molecule has 1 saturated carbocycles. The minimum atomic E-state index is -0.0326. The number of carbonyl (C=O) groups is 1. The van der Waals surface area contributed by atoms with Crippen molar-refractivity contribution in [1.82, 2.24) is 19.0 Å². The molecule has 0 spiro atoms. The van der Waals surface area contributed by atoms with Crippen LogP contribution < -0.4 is 5.73 Å². The summed E-state index contributed by atoms with van der Waals surface area (Å²) in [4.78, 5) is 20.2. The van der Waals surface area contributed by atoms with Gasteiger partial charge in [-0.15, -0.1) is 0 Å². The number of nitrogens with zero attached hydrogens (tertiary/aromatic N) is 4. The van der Waals surface area contributed by atoms with E-state index in [1.165, 1.54) is 35.0 Å². The third-order valence-corrected chi connectivity index (χ3v) is 7.72. The Balaban J connectivity index is 1.51. The van der Waals surface area contributed by atoms with E-state index in [0.717, 1.165) is 53.4 Å². The Morgan fingerprint density at radius 2 is 1.94 bits per heavy atom. The second-order valence-corrected chi connectivity index (χ2v) is 11.0. The molecule has 0 unspecified atom stereocenters. The monoisotopic (exact) mass is 469 g/mol. The largest absolute Gasteiger partial charge is 0.337 e. The van der Waals surface area contributed by atoms with Crippen LogP contribution in [0.25, 0.3) is 33.5 Å². The van der Waals surface area contributed by atoms with Crippen LogP contribution in [0.4, 0.5) is 0 Å². The summed E-state index contributed by atoms with van der Waals surface area (Å²) >= 11 is 0.